The van der Waals surface area contributed by atoms with Crippen LogP contribution in [0.25, 0.3) is 10.9 Å². The minimum absolute atomic E-state index is 0.647. The first-order chi connectivity index (χ1) is 13.1. The molecule has 3 rings (SSSR count). The molecule has 0 atom stereocenters. The third-order valence-electron chi connectivity index (χ3n) is 4.70. The van der Waals surface area contributed by atoms with Crippen molar-refractivity contribution in [2.45, 2.75) is 26.8 Å². The molecule has 2 N–H and O–H groups in total. The molecule has 2 aromatic heterocycles. The lowest BCUT2D eigenvalue weighted by Crippen LogP contribution is -2.41. The molecule has 144 valence electrons. The van der Waals surface area contributed by atoms with Crippen LogP contribution in [0.5, 0.6) is 0 Å². The SMILES string of the molecule is COCCNC(=S)N(CCc1c(C)[nH]c2ccc(C)cc12)Cc1cccs1. The van der Waals surface area contributed by atoms with Crippen LogP contribution in [-0.2, 0) is 17.7 Å². The Kier molecular flexibility index (Phi) is 6.88. The molecule has 0 amide bonds. The summed E-state index contributed by atoms with van der Waals surface area (Å²) in [5.41, 5.74) is 5.11. The molecular formula is C21H27N3OS2. The molecule has 0 saturated carbocycles. The van der Waals surface area contributed by atoms with Crippen LogP contribution in [0.3, 0.4) is 0 Å². The first kappa shape index (κ1) is 19.9. The predicted molar refractivity (Wildman–Crippen MR) is 119 cm³/mol. The van der Waals surface area contributed by atoms with Gasteiger partial charge in [0.2, 0.25) is 0 Å². The summed E-state index contributed by atoms with van der Waals surface area (Å²) in [6.07, 6.45) is 0.951. The van der Waals surface area contributed by atoms with Crippen molar-refractivity contribution in [3.63, 3.8) is 0 Å². The average molecular weight is 402 g/mol. The molecule has 0 unspecified atom stereocenters. The second-order valence-electron chi connectivity index (χ2n) is 6.75. The van der Waals surface area contributed by atoms with Crippen molar-refractivity contribution < 1.29 is 4.74 Å². The normalized spacial score (nSPS) is 11.1. The Labute approximate surface area is 170 Å². The van der Waals surface area contributed by atoms with E-state index in [0.717, 1.165) is 31.2 Å². The van der Waals surface area contributed by atoms with Crippen LogP contribution in [0.4, 0.5) is 0 Å². The summed E-state index contributed by atoms with van der Waals surface area (Å²) in [4.78, 5) is 7.09. The molecule has 4 nitrogen and oxygen atoms in total. The maximum Gasteiger partial charge on any atom is 0.169 e. The second kappa shape index (κ2) is 9.35. The fraction of sp³-hybridized carbons (Fsp3) is 0.381. The van der Waals surface area contributed by atoms with E-state index < -0.39 is 0 Å². The van der Waals surface area contributed by atoms with Gasteiger partial charge in [-0.25, -0.2) is 0 Å². The summed E-state index contributed by atoms with van der Waals surface area (Å²) in [5, 5.41) is 7.54. The van der Waals surface area contributed by atoms with Gasteiger partial charge in [0.25, 0.3) is 0 Å². The third-order valence-corrected chi connectivity index (χ3v) is 5.97. The van der Waals surface area contributed by atoms with Crippen LogP contribution in [-0.4, -0.2) is 41.8 Å². The number of ether oxygens (including phenoxy) is 1. The number of nitrogens with zero attached hydrogens (tertiary/aromatic N) is 1. The molecule has 6 heteroatoms. The number of hydrogen-bond acceptors (Lipinski definition) is 3. The summed E-state index contributed by atoms with van der Waals surface area (Å²) >= 11 is 7.43. The molecule has 0 aliphatic heterocycles. The smallest absolute Gasteiger partial charge is 0.169 e. The van der Waals surface area contributed by atoms with Crippen LogP contribution in [0.15, 0.2) is 35.7 Å². The molecule has 27 heavy (non-hydrogen) atoms. The highest BCUT2D eigenvalue weighted by molar-refractivity contribution is 7.80. The number of aromatic amines is 1. The maximum absolute atomic E-state index is 5.66. The molecule has 0 radical (unpaired) electrons. The topological polar surface area (TPSA) is 40.3 Å². The second-order valence-corrected chi connectivity index (χ2v) is 8.17. The molecule has 0 aliphatic rings. The fourth-order valence-electron chi connectivity index (χ4n) is 3.28. The molecule has 1 aromatic carbocycles. The predicted octanol–water partition coefficient (Wildman–Crippen LogP) is 4.41. The number of aryl methyl sites for hydroxylation is 2. The number of hydrogen-bond donors (Lipinski definition) is 2. The minimum atomic E-state index is 0.647. The summed E-state index contributed by atoms with van der Waals surface area (Å²) in [7, 11) is 1.70. The lowest BCUT2D eigenvalue weighted by Gasteiger charge is -2.25. The van der Waals surface area contributed by atoms with Gasteiger partial charge < -0.3 is 19.9 Å². The largest absolute Gasteiger partial charge is 0.383 e. The van der Waals surface area contributed by atoms with E-state index in [0.29, 0.717) is 6.61 Å². The highest BCUT2D eigenvalue weighted by Crippen LogP contribution is 2.24. The standard InChI is InChI=1S/C21H27N3OS2/c1-15-6-7-20-19(13-15)18(16(2)23-20)8-10-24(14-17-5-4-12-27-17)21(26)22-9-11-25-3/h4-7,12-13,23H,8-11,14H2,1-3H3,(H,22,26). The van der Waals surface area contributed by atoms with E-state index in [4.69, 9.17) is 17.0 Å². The summed E-state index contributed by atoms with van der Waals surface area (Å²) in [6.45, 7) is 7.37. The maximum atomic E-state index is 5.66. The lowest BCUT2D eigenvalue weighted by molar-refractivity contribution is 0.203. The number of benzene rings is 1. The Morgan fingerprint density at radius 1 is 1.30 bits per heavy atom. The van der Waals surface area contributed by atoms with Crippen molar-refractivity contribution in [3.8, 4) is 0 Å². The van der Waals surface area contributed by atoms with Crippen molar-refractivity contribution in [3.05, 3.63) is 57.4 Å². The first-order valence-corrected chi connectivity index (χ1v) is 10.5. The Balaban J connectivity index is 1.74. The summed E-state index contributed by atoms with van der Waals surface area (Å²) < 4.78 is 5.13. The van der Waals surface area contributed by atoms with E-state index in [2.05, 4.69) is 64.8 Å². The first-order valence-electron chi connectivity index (χ1n) is 9.20. The molecule has 0 saturated heterocycles. The van der Waals surface area contributed by atoms with Gasteiger partial charge in [-0.05, 0) is 61.6 Å². The fourth-order valence-corrected chi connectivity index (χ4v) is 4.26. The average Bonchev–Trinajstić information content (AvgIpc) is 3.26. The van der Waals surface area contributed by atoms with E-state index in [9.17, 15) is 0 Å². The molecule has 2 heterocycles. The van der Waals surface area contributed by atoms with Gasteiger partial charge in [-0.2, -0.15) is 0 Å². The van der Waals surface area contributed by atoms with Gasteiger partial charge in [0.1, 0.15) is 0 Å². The minimum Gasteiger partial charge on any atom is -0.383 e. The van der Waals surface area contributed by atoms with Crippen molar-refractivity contribution in [2.75, 3.05) is 26.8 Å². The molecule has 3 aromatic rings. The van der Waals surface area contributed by atoms with Gasteiger partial charge in [0.15, 0.2) is 5.11 Å². The number of nitrogens with one attached hydrogen (secondary N) is 2. The molecule has 0 aliphatic carbocycles. The highest BCUT2D eigenvalue weighted by atomic mass is 32.1. The third kappa shape index (κ3) is 5.09. The van der Waals surface area contributed by atoms with Gasteiger partial charge in [0, 0.05) is 41.7 Å². The van der Waals surface area contributed by atoms with Crippen molar-refractivity contribution >= 4 is 39.6 Å². The van der Waals surface area contributed by atoms with Gasteiger partial charge in [-0.3, -0.25) is 0 Å². The zero-order chi connectivity index (χ0) is 19.2. The van der Waals surface area contributed by atoms with Gasteiger partial charge in [-0.1, -0.05) is 17.7 Å². The number of aromatic nitrogens is 1. The number of rotatable bonds is 8. The van der Waals surface area contributed by atoms with Crippen LogP contribution in [0.1, 0.15) is 21.7 Å². The number of H-pyrrole nitrogens is 1. The number of fused-ring (bicyclic) bond motifs is 1. The molecule has 0 fully saturated rings. The van der Waals surface area contributed by atoms with Crippen molar-refractivity contribution in [2.24, 2.45) is 0 Å². The lowest BCUT2D eigenvalue weighted by atomic mass is 10.1. The number of thiophene rings is 1. The summed E-state index contributed by atoms with van der Waals surface area (Å²) in [5.74, 6) is 0. The molecule has 0 bridgehead atoms. The van der Waals surface area contributed by atoms with E-state index in [1.165, 1.54) is 32.6 Å². The van der Waals surface area contributed by atoms with Crippen LogP contribution in [0.2, 0.25) is 0 Å². The van der Waals surface area contributed by atoms with E-state index >= 15 is 0 Å². The highest BCUT2D eigenvalue weighted by Gasteiger charge is 2.14. The Morgan fingerprint density at radius 2 is 2.15 bits per heavy atom. The number of thiocarbonyl (C=S) groups is 1. The Morgan fingerprint density at radius 3 is 2.89 bits per heavy atom. The molecular weight excluding hydrogens is 374 g/mol. The Hall–Kier alpha value is -1.89. The van der Waals surface area contributed by atoms with E-state index in [1.54, 1.807) is 18.4 Å². The van der Waals surface area contributed by atoms with Gasteiger partial charge in [0.05, 0.1) is 13.2 Å². The summed E-state index contributed by atoms with van der Waals surface area (Å²) in [6, 6.07) is 10.8. The van der Waals surface area contributed by atoms with Gasteiger partial charge in [-0.15, -0.1) is 11.3 Å². The van der Waals surface area contributed by atoms with E-state index in [-0.39, 0.29) is 0 Å². The zero-order valence-electron chi connectivity index (χ0n) is 16.2. The van der Waals surface area contributed by atoms with Crippen molar-refractivity contribution in [1.29, 1.82) is 0 Å². The van der Waals surface area contributed by atoms with Crippen LogP contribution >= 0.6 is 23.6 Å². The monoisotopic (exact) mass is 401 g/mol. The quantitative estimate of drug-likeness (QED) is 0.433. The van der Waals surface area contributed by atoms with E-state index in [1.807, 2.05) is 0 Å². The van der Waals surface area contributed by atoms with Crippen LogP contribution < -0.4 is 5.32 Å². The Bertz CT molecular complexity index is 886. The number of methoxy groups -OCH3 is 1. The van der Waals surface area contributed by atoms with Crippen molar-refractivity contribution in [1.82, 2.24) is 15.2 Å². The molecule has 0 spiro atoms. The van der Waals surface area contributed by atoms with Crippen LogP contribution in [0, 0.1) is 13.8 Å². The zero-order valence-corrected chi connectivity index (χ0v) is 17.8. The van der Waals surface area contributed by atoms with Gasteiger partial charge >= 0.3 is 0 Å².